The molecule has 0 N–H and O–H groups in total. The molecule has 0 saturated carbocycles. The second-order valence-corrected chi connectivity index (χ2v) is 9.08. The molecular weight excluding hydrogens is 441 g/mol. The van der Waals surface area contributed by atoms with Crippen LogP contribution in [-0.2, 0) is 27.3 Å². The minimum Gasteiger partial charge on any atom is -0.489 e. The molecule has 0 aliphatic carbocycles. The van der Waals surface area contributed by atoms with E-state index in [1.54, 1.807) is 51.1 Å². The van der Waals surface area contributed by atoms with Gasteiger partial charge in [-0.3, -0.25) is 4.90 Å². The van der Waals surface area contributed by atoms with Gasteiger partial charge in [0.2, 0.25) is 0 Å². The zero-order valence-corrected chi connectivity index (χ0v) is 19.4. The average molecular weight is 466 g/mol. The van der Waals surface area contributed by atoms with E-state index < -0.39 is 23.7 Å². The number of benzene rings is 2. The molecule has 166 valence electrons. The van der Waals surface area contributed by atoms with E-state index in [0.717, 1.165) is 11.1 Å². The number of carbonyl (C=O) groups excluding carboxylic acids is 2. The number of esters is 1. The Labute approximate surface area is 192 Å². The van der Waals surface area contributed by atoms with Gasteiger partial charge in [0.15, 0.2) is 6.04 Å². The molecule has 0 radical (unpaired) electrons. The van der Waals surface area contributed by atoms with Crippen molar-refractivity contribution in [3.05, 3.63) is 63.1 Å². The maximum absolute atomic E-state index is 12.7. The monoisotopic (exact) mass is 465 g/mol. The summed E-state index contributed by atoms with van der Waals surface area (Å²) in [6, 6.07) is 9.73. The first kappa shape index (κ1) is 23.2. The van der Waals surface area contributed by atoms with Crippen LogP contribution < -0.4 is 4.74 Å². The van der Waals surface area contributed by atoms with Crippen molar-refractivity contribution >= 4 is 35.3 Å². The van der Waals surface area contributed by atoms with Crippen molar-refractivity contribution in [3.8, 4) is 5.75 Å². The zero-order valence-electron chi connectivity index (χ0n) is 17.9. The maximum atomic E-state index is 12.7. The molecule has 0 spiro atoms. The summed E-state index contributed by atoms with van der Waals surface area (Å²) in [5, 5.41) is 1.15. The molecule has 2 aromatic carbocycles. The Bertz CT molecular complexity index is 986. The molecule has 1 atom stereocenters. The molecule has 1 aliphatic heterocycles. The van der Waals surface area contributed by atoms with Gasteiger partial charge in [-0.25, -0.2) is 9.59 Å². The highest BCUT2D eigenvalue weighted by molar-refractivity contribution is 6.33. The minimum atomic E-state index is -0.875. The zero-order chi connectivity index (χ0) is 22.8. The summed E-state index contributed by atoms with van der Waals surface area (Å²) in [5.74, 6) is 0.107. The molecule has 1 aliphatic rings. The number of halogens is 2. The fourth-order valence-electron chi connectivity index (χ4n) is 3.39. The van der Waals surface area contributed by atoms with Crippen LogP contribution in [0.1, 0.15) is 43.5 Å². The minimum absolute atomic E-state index is 0.253. The first-order chi connectivity index (χ1) is 14.6. The Morgan fingerprint density at radius 3 is 2.55 bits per heavy atom. The summed E-state index contributed by atoms with van der Waals surface area (Å²) in [6.07, 6.45) is 0.00136. The van der Waals surface area contributed by atoms with E-state index in [-0.39, 0.29) is 6.61 Å². The Morgan fingerprint density at radius 2 is 1.87 bits per heavy atom. The first-order valence-electron chi connectivity index (χ1n) is 9.86. The second-order valence-electron chi connectivity index (χ2n) is 8.23. The van der Waals surface area contributed by atoms with Gasteiger partial charge in [0.05, 0.1) is 7.11 Å². The molecule has 3 rings (SSSR count). The maximum Gasteiger partial charge on any atom is 0.411 e. The number of hydrogen-bond donors (Lipinski definition) is 0. The lowest BCUT2D eigenvalue weighted by molar-refractivity contribution is -0.147. The number of amides is 1. The van der Waals surface area contributed by atoms with Gasteiger partial charge >= 0.3 is 12.1 Å². The van der Waals surface area contributed by atoms with Crippen molar-refractivity contribution in [2.45, 2.75) is 45.4 Å². The van der Waals surface area contributed by atoms with Crippen molar-refractivity contribution in [2.24, 2.45) is 0 Å². The van der Waals surface area contributed by atoms with Crippen LogP contribution >= 0.6 is 23.2 Å². The Morgan fingerprint density at radius 1 is 1.13 bits per heavy atom. The molecule has 6 nitrogen and oxygen atoms in total. The summed E-state index contributed by atoms with van der Waals surface area (Å²) >= 11 is 12.2. The number of rotatable bonds is 4. The highest BCUT2D eigenvalue weighted by Gasteiger charge is 2.39. The predicted octanol–water partition coefficient (Wildman–Crippen LogP) is 5.58. The van der Waals surface area contributed by atoms with Gasteiger partial charge in [0.25, 0.3) is 0 Å². The van der Waals surface area contributed by atoms with E-state index >= 15 is 0 Å². The standard InChI is InChI=1S/C23H25Cl2NO5/c1-23(2,3)31-22(28)26-10-9-14-12-17(6-7-18(14)20(26)21(27)29-4)30-13-15-11-16(24)5-8-19(15)25/h5-8,11-12,20H,9-10,13H2,1-4H3/t20-/m1/s1. The second kappa shape index (κ2) is 9.37. The van der Waals surface area contributed by atoms with Crippen LogP contribution in [0.25, 0.3) is 0 Å². The van der Waals surface area contributed by atoms with Crippen LogP contribution in [0.15, 0.2) is 36.4 Å². The molecule has 8 heteroatoms. The number of ether oxygens (including phenoxy) is 3. The third-order valence-corrected chi connectivity index (χ3v) is 5.40. The molecule has 0 unspecified atom stereocenters. The van der Waals surface area contributed by atoms with Crippen LogP contribution in [0.3, 0.4) is 0 Å². The van der Waals surface area contributed by atoms with E-state index in [1.165, 1.54) is 12.0 Å². The normalized spacial score (nSPS) is 15.8. The van der Waals surface area contributed by atoms with E-state index in [1.807, 2.05) is 6.07 Å². The van der Waals surface area contributed by atoms with Crippen LogP contribution in [0.2, 0.25) is 10.0 Å². The lowest BCUT2D eigenvalue weighted by Crippen LogP contribution is -2.46. The fourth-order valence-corrected chi connectivity index (χ4v) is 3.76. The third kappa shape index (κ3) is 5.63. The predicted molar refractivity (Wildman–Crippen MR) is 119 cm³/mol. The third-order valence-electron chi connectivity index (χ3n) is 4.80. The van der Waals surface area contributed by atoms with Crippen molar-refractivity contribution < 1.29 is 23.8 Å². The Balaban J connectivity index is 1.83. The van der Waals surface area contributed by atoms with Crippen molar-refractivity contribution in [1.29, 1.82) is 0 Å². The molecule has 0 fully saturated rings. The van der Waals surface area contributed by atoms with E-state index in [0.29, 0.717) is 34.3 Å². The van der Waals surface area contributed by atoms with Gasteiger partial charge in [-0.1, -0.05) is 29.3 Å². The van der Waals surface area contributed by atoms with Crippen molar-refractivity contribution in [2.75, 3.05) is 13.7 Å². The molecule has 31 heavy (non-hydrogen) atoms. The number of carbonyl (C=O) groups is 2. The van der Waals surface area contributed by atoms with Gasteiger partial charge in [0.1, 0.15) is 18.0 Å². The summed E-state index contributed by atoms with van der Waals surface area (Å²) in [4.78, 5) is 26.6. The highest BCUT2D eigenvalue weighted by Crippen LogP contribution is 2.34. The Kier molecular flexibility index (Phi) is 7.02. The number of hydrogen-bond acceptors (Lipinski definition) is 5. The fraction of sp³-hybridized carbons (Fsp3) is 0.391. The SMILES string of the molecule is COC(=O)[C@H]1c2ccc(OCc3cc(Cl)ccc3Cl)cc2CCN1C(=O)OC(C)(C)C. The summed E-state index contributed by atoms with van der Waals surface area (Å²) < 4.78 is 16.3. The molecule has 0 saturated heterocycles. The van der Waals surface area contributed by atoms with Gasteiger partial charge in [-0.2, -0.15) is 0 Å². The van der Waals surface area contributed by atoms with Crippen LogP contribution in [0.5, 0.6) is 5.75 Å². The summed E-state index contributed by atoms with van der Waals surface area (Å²) in [6.45, 7) is 5.93. The average Bonchev–Trinajstić information content (AvgIpc) is 2.71. The van der Waals surface area contributed by atoms with Gasteiger partial charge < -0.3 is 14.2 Å². The molecule has 0 bridgehead atoms. The summed E-state index contributed by atoms with van der Waals surface area (Å²) in [5.41, 5.74) is 1.70. The lowest BCUT2D eigenvalue weighted by Gasteiger charge is -2.36. The smallest absolute Gasteiger partial charge is 0.411 e. The number of fused-ring (bicyclic) bond motifs is 1. The van der Waals surface area contributed by atoms with Crippen molar-refractivity contribution in [1.82, 2.24) is 4.90 Å². The first-order valence-corrected chi connectivity index (χ1v) is 10.6. The largest absolute Gasteiger partial charge is 0.489 e. The van der Waals surface area contributed by atoms with E-state index in [9.17, 15) is 9.59 Å². The molecule has 0 aromatic heterocycles. The number of methoxy groups -OCH3 is 1. The van der Waals surface area contributed by atoms with Crippen LogP contribution in [-0.4, -0.2) is 36.2 Å². The van der Waals surface area contributed by atoms with Gasteiger partial charge in [-0.05, 0) is 68.7 Å². The number of nitrogens with zero attached hydrogens (tertiary/aromatic N) is 1. The van der Waals surface area contributed by atoms with Gasteiger partial charge in [-0.15, -0.1) is 0 Å². The molecule has 2 aromatic rings. The van der Waals surface area contributed by atoms with Gasteiger partial charge in [0, 0.05) is 22.2 Å². The highest BCUT2D eigenvalue weighted by atomic mass is 35.5. The topological polar surface area (TPSA) is 65.1 Å². The van der Waals surface area contributed by atoms with E-state index in [2.05, 4.69) is 0 Å². The van der Waals surface area contributed by atoms with Crippen LogP contribution in [0.4, 0.5) is 4.79 Å². The lowest BCUT2D eigenvalue weighted by atomic mass is 9.92. The molecule has 1 amide bonds. The van der Waals surface area contributed by atoms with E-state index in [4.69, 9.17) is 37.4 Å². The summed E-state index contributed by atoms with van der Waals surface area (Å²) in [7, 11) is 1.30. The van der Waals surface area contributed by atoms with Crippen molar-refractivity contribution in [3.63, 3.8) is 0 Å². The Hall–Kier alpha value is -2.44. The molecule has 1 heterocycles. The van der Waals surface area contributed by atoms with Crippen LogP contribution in [0, 0.1) is 0 Å². The molecular formula is C23H25Cl2NO5. The quantitative estimate of drug-likeness (QED) is 0.551.